The molecule has 0 radical (unpaired) electrons. The Morgan fingerprint density at radius 2 is 2.08 bits per heavy atom. The van der Waals surface area contributed by atoms with Crippen LogP contribution in [0.2, 0.25) is 0 Å². The van der Waals surface area contributed by atoms with Crippen molar-refractivity contribution < 1.29 is 0 Å². The first kappa shape index (κ1) is 9.59. The first-order valence-electron chi connectivity index (χ1n) is 4.52. The van der Waals surface area contributed by atoms with Gasteiger partial charge < -0.3 is 5.32 Å². The Bertz CT molecular complexity index is 212. The molecule has 0 aliphatic rings. The molecule has 0 fully saturated rings. The van der Waals surface area contributed by atoms with Crippen LogP contribution in [0.1, 0.15) is 33.6 Å². The first-order chi connectivity index (χ1) is 5.70. The number of thiophene rings is 1. The summed E-state index contributed by atoms with van der Waals surface area (Å²) < 4.78 is 0. The second-order valence-corrected chi connectivity index (χ2v) is 4.32. The average Bonchev–Trinajstić information content (AvgIpc) is 2.57. The van der Waals surface area contributed by atoms with Gasteiger partial charge in [-0.25, -0.2) is 0 Å². The summed E-state index contributed by atoms with van der Waals surface area (Å²) in [5.41, 5.74) is 0.269. The molecule has 0 saturated heterocycles. The first-order valence-corrected chi connectivity index (χ1v) is 5.40. The van der Waals surface area contributed by atoms with Crippen LogP contribution in [-0.4, -0.2) is 5.54 Å². The van der Waals surface area contributed by atoms with Crippen molar-refractivity contribution in [2.45, 2.75) is 39.2 Å². The maximum absolute atomic E-state index is 3.55. The Morgan fingerprint density at radius 3 is 2.50 bits per heavy atom. The smallest absolute Gasteiger partial charge is 0.0886 e. The second-order valence-electron chi connectivity index (χ2n) is 3.37. The maximum Gasteiger partial charge on any atom is 0.0886 e. The molecule has 68 valence electrons. The molecule has 2 heteroatoms. The van der Waals surface area contributed by atoms with Gasteiger partial charge in [-0.1, -0.05) is 13.8 Å². The van der Waals surface area contributed by atoms with Crippen molar-refractivity contribution in [3.05, 3.63) is 17.5 Å². The zero-order valence-electron chi connectivity index (χ0n) is 8.05. The Balaban J connectivity index is 2.60. The third kappa shape index (κ3) is 2.24. The van der Waals surface area contributed by atoms with Crippen LogP contribution in [0.25, 0.3) is 0 Å². The lowest BCUT2D eigenvalue weighted by Crippen LogP contribution is -2.32. The van der Waals surface area contributed by atoms with Gasteiger partial charge in [0.2, 0.25) is 0 Å². The summed E-state index contributed by atoms with van der Waals surface area (Å²) in [6, 6.07) is 4.22. The van der Waals surface area contributed by atoms with Crippen LogP contribution in [0.5, 0.6) is 0 Å². The van der Waals surface area contributed by atoms with E-state index in [1.54, 1.807) is 11.3 Å². The van der Waals surface area contributed by atoms with Gasteiger partial charge in [0.15, 0.2) is 0 Å². The minimum Gasteiger partial charge on any atom is -0.372 e. The van der Waals surface area contributed by atoms with E-state index in [0.29, 0.717) is 0 Å². The van der Waals surface area contributed by atoms with Crippen LogP contribution in [0.15, 0.2) is 17.5 Å². The minimum absolute atomic E-state index is 0.269. The van der Waals surface area contributed by atoms with Crippen molar-refractivity contribution in [1.29, 1.82) is 0 Å². The number of hydrogen-bond acceptors (Lipinski definition) is 2. The highest BCUT2D eigenvalue weighted by Crippen LogP contribution is 2.24. The van der Waals surface area contributed by atoms with Crippen molar-refractivity contribution in [3.63, 3.8) is 0 Å². The fraction of sp³-hybridized carbons (Fsp3) is 0.600. The van der Waals surface area contributed by atoms with E-state index in [-0.39, 0.29) is 5.54 Å². The lowest BCUT2D eigenvalue weighted by atomic mass is 9.96. The Kier molecular flexibility index (Phi) is 3.15. The normalized spacial score (nSPS) is 11.6. The van der Waals surface area contributed by atoms with Crippen molar-refractivity contribution in [2.24, 2.45) is 0 Å². The topological polar surface area (TPSA) is 12.0 Å². The van der Waals surface area contributed by atoms with E-state index < -0.39 is 0 Å². The monoisotopic (exact) mass is 183 g/mol. The van der Waals surface area contributed by atoms with Gasteiger partial charge in [-0.05, 0) is 37.3 Å². The van der Waals surface area contributed by atoms with Crippen LogP contribution >= 0.6 is 11.3 Å². The van der Waals surface area contributed by atoms with Gasteiger partial charge in [-0.2, -0.15) is 0 Å². The van der Waals surface area contributed by atoms with Crippen molar-refractivity contribution in [3.8, 4) is 0 Å². The van der Waals surface area contributed by atoms with E-state index in [9.17, 15) is 0 Å². The molecule has 1 heterocycles. The molecule has 0 aliphatic heterocycles. The number of rotatable bonds is 4. The van der Waals surface area contributed by atoms with E-state index in [4.69, 9.17) is 0 Å². The quantitative estimate of drug-likeness (QED) is 0.750. The molecule has 0 amide bonds. The molecule has 1 aromatic heterocycles. The summed E-state index contributed by atoms with van der Waals surface area (Å²) in [7, 11) is 0. The average molecular weight is 183 g/mol. The third-order valence-corrected chi connectivity index (χ3v) is 3.29. The van der Waals surface area contributed by atoms with E-state index in [1.807, 2.05) is 0 Å². The van der Waals surface area contributed by atoms with Crippen LogP contribution in [0, 0.1) is 0 Å². The highest BCUT2D eigenvalue weighted by atomic mass is 32.1. The summed E-state index contributed by atoms with van der Waals surface area (Å²) in [6.45, 7) is 6.72. The minimum atomic E-state index is 0.269. The predicted molar refractivity (Wildman–Crippen MR) is 56.9 cm³/mol. The summed E-state index contributed by atoms with van der Waals surface area (Å²) in [6.07, 6.45) is 2.34. The Labute approximate surface area is 78.8 Å². The Morgan fingerprint density at radius 1 is 1.42 bits per heavy atom. The molecule has 0 saturated carbocycles. The molecule has 1 aromatic rings. The number of nitrogens with one attached hydrogen (secondary N) is 1. The lowest BCUT2D eigenvalue weighted by molar-refractivity contribution is 0.480. The SMILES string of the molecule is CCC(C)(CC)Nc1cccs1. The summed E-state index contributed by atoms with van der Waals surface area (Å²) in [5.74, 6) is 0. The third-order valence-electron chi connectivity index (χ3n) is 2.51. The van der Waals surface area contributed by atoms with Gasteiger partial charge in [0.05, 0.1) is 5.00 Å². The molecule has 0 bridgehead atoms. The van der Waals surface area contributed by atoms with E-state index in [2.05, 4.69) is 43.6 Å². The fourth-order valence-corrected chi connectivity index (χ4v) is 1.84. The van der Waals surface area contributed by atoms with Crippen LogP contribution in [-0.2, 0) is 0 Å². The highest BCUT2D eigenvalue weighted by molar-refractivity contribution is 7.14. The van der Waals surface area contributed by atoms with E-state index >= 15 is 0 Å². The molecule has 0 aromatic carbocycles. The van der Waals surface area contributed by atoms with Crippen molar-refractivity contribution in [1.82, 2.24) is 0 Å². The van der Waals surface area contributed by atoms with Crippen LogP contribution in [0.3, 0.4) is 0 Å². The van der Waals surface area contributed by atoms with Crippen molar-refractivity contribution >= 4 is 16.3 Å². The maximum atomic E-state index is 3.55. The van der Waals surface area contributed by atoms with Crippen LogP contribution in [0.4, 0.5) is 5.00 Å². The standard InChI is InChI=1S/C10H17NS/c1-4-10(3,5-2)11-9-7-6-8-12-9/h6-8,11H,4-5H2,1-3H3. The molecule has 1 N–H and O–H groups in total. The summed E-state index contributed by atoms with van der Waals surface area (Å²) >= 11 is 1.77. The van der Waals surface area contributed by atoms with E-state index in [1.165, 1.54) is 17.8 Å². The molecular weight excluding hydrogens is 166 g/mol. The van der Waals surface area contributed by atoms with Gasteiger partial charge in [0, 0.05) is 5.54 Å². The second kappa shape index (κ2) is 3.94. The van der Waals surface area contributed by atoms with Gasteiger partial charge in [-0.3, -0.25) is 0 Å². The van der Waals surface area contributed by atoms with Gasteiger partial charge in [-0.15, -0.1) is 11.3 Å². The molecule has 0 spiro atoms. The number of anilines is 1. The molecular formula is C10H17NS. The van der Waals surface area contributed by atoms with E-state index in [0.717, 1.165) is 0 Å². The molecule has 1 rings (SSSR count). The summed E-state index contributed by atoms with van der Waals surface area (Å²) in [4.78, 5) is 0. The molecule has 1 nitrogen and oxygen atoms in total. The number of hydrogen-bond donors (Lipinski definition) is 1. The molecule has 0 atom stereocenters. The van der Waals surface area contributed by atoms with Gasteiger partial charge in [0.1, 0.15) is 0 Å². The lowest BCUT2D eigenvalue weighted by Gasteiger charge is -2.28. The van der Waals surface area contributed by atoms with Crippen molar-refractivity contribution in [2.75, 3.05) is 5.32 Å². The zero-order valence-corrected chi connectivity index (χ0v) is 8.87. The zero-order chi connectivity index (χ0) is 9.03. The van der Waals surface area contributed by atoms with Gasteiger partial charge >= 0.3 is 0 Å². The molecule has 12 heavy (non-hydrogen) atoms. The summed E-state index contributed by atoms with van der Waals surface area (Å²) in [5, 5.41) is 6.94. The van der Waals surface area contributed by atoms with Gasteiger partial charge in [0.25, 0.3) is 0 Å². The predicted octanol–water partition coefficient (Wildman–Crippen LogP) is 3.74. The molecule has 0 aliphatic carbocycles. The largest absolute Gasteiger partial charge is 0.372 e. The fourth-order valence-electron chi connectivity index (χ4n) is 1.07. The highest BCUT2D eigenvalue weighted by Gasteiger charge is 2.18. The molecule has 0 unspecified atom stereocenters. The van der Waals surface area contributed by atoms with Crippen LogP contribution < -0.4 is 5.32 Å². The Hall–Kier alpha value is -0.500.